The molecule has 1 aliphatic heterocycles. The fourth-order valence-electron chi connectivity index (χ4n) is 3.75. The molecular formula is C23H38N4O4. The molecule has 1 aromatic carbocycles. The van der Waals surface area contributed by atoms with Crippen LogP contribution in [0.3, 0.4) is 0 Å². The molecule has 0 saturated carbocycles. The highest BCUT2D eigenvalue weighted by molar-refractivity contribution is 5.87. The molecular weight excluding hydrogens is 396 g/mol. The van der Waals surface area contributed by atoms with Gasteiger partial charge in [0.25, 0.3) is 0 Å². The van der Waals surface area contributed by atoms with Gasteiger partial charge in [-0.05, 0) is 37.4 Å². The highest BCUT2D eigenvalue weighted by Gasteiger charge is 2.31. The van der Waals surface area contributed by atoms with E-state index in [0.717, 1.165) is 25.9 Å². The Hall–Kier alpha value is -2.48. The first-order valence-electron chi connectivity index (χ1n) is 11.3. The van der Waals surface area contributed by atoms with Gasteiger partial charge in [0.05, 0.1) is 0 Å². The van der Waals surface area contributed by atoms with Gasteiger partial charge >= 0.3 is 6.03 Å². The summed E-state index contributed by atoms with van der Waals surface area (Å²) in [6.07, 6.45) is 1.98. The topological polar surface area (TPSA) is 96.3 Å². The molecule has 8 heteroatoms. The molecule has 0 spiro atoms. The molecule has 174 valence electrons. The Labute approximate surface area is 185 Å². The summed E-state index contributed by atoms with van der Waals surface area (Å²) in [6, 6.07) is 4.07. The van der Waals surface area contributed by atoms with Gasteiger partial charge in [-0.25, -0.2) is 4.79 Å². The van der Waals surface area contributed by atoms with E-state index in [0.29, 0.717) is 38.2 Å². The zero-order valence-corrected chi connectivity index (χ0v) is 19.3. The second-order valence-electron chi connectivity index (χ2n) is 8.46. The summed E-state index contributed by atoms with van der Waals surface area (Å²) in [5.41, 5.74) is 0.593. The number of hydrogen-bond acceptors (Lipinski definition) is 5. The van der Waals surface area contributed by atoms with Gasteiger partial charge in [0.15, 0.2) is 11.5 Å². The number of rotatable bonds is 9. The van der Waals surface area contributed by atoms with E-state index in [1.807, 2.05) is 27.8 Å². The van der Waals surface area contributed by atoms with Crippen molar-refractivity contribution in [1.29, 1.82) is 0 Å². The van der Waals surface area contributed by atoms with E-state index in [9.17, 15) is 19.8 Å². The van der Waals surface area contributed by atoms with E-state index < -0.39 is 6.04 Å². The lowest BCUT2D eigenvalue weighted by Crippen LogP contribution is -2.57. The Balaban J connectivity index is 2.09. The van der Waals surface area contributed by atoms with Gasteiger partial charge in [0.1, 0.15) is 6.04 Å². The second kappa shape index (κ2) is 11.8. The number of likely N-dealkylation sites (N-methyl/N-ethyl adjacent to an activating group) is 1. The molecule has 0 aliphatic carbocycles. The molecule has 1 saturated heterocycles. The summed E-state index contributed by atoms with van der Waals surface area (Å²) >= 11 is 0. The molecule has 2 rings (SSSR count). The standard InChI is InChI=1S/C23H38N4O4/c1-5-11-26(12-10-18-8-7-9-19(28)21(18)29)22(30)20(17(3)6-2)24-23(31)27-15-13-25(4)14-16-27/h7-9,17,20,28-29H,5-6,10-16H2,1-4H3,(H,24,31)/t17?,20-/m0/s1. The first-order chi connectivity index (χ1) is 14.8. The number of nitrogens with one attached hydrogen (secondary N) is 1. The quantitative estimate of drug-likeness (QED) is 0.518. The van der Waals surface area contributed by atoms with E-state index in [-0.39, 0.29) is 29.4 Å². The summed E-state index contributed by atoms with van der Waals surface area (Å²) in [5.74, 6) is -0.410. The van der Waals surface area contributed by atoms with Gasteiger partial charge in [-0.1, -0.05) is 39.3 Å². The lowest BCUT2D eigenvalue weighted by Gasteiger charge is -2.35. The van der Waals surface area contributed by atoms with Crippen LogP contribution in [0.15, 0.2) is 18.2 Å². The van der Waals surface area contributed by atoms with Crippen LogP contribution in [-0.4, -0.2) is 89.2 Å². The van der Waals surface area contributed by atoms with Crippen LogP contribution in [0.4, 0.5) is 4.79 Å². The fraction of sp³-hybridized carbons (Fsp3) is 0.652. The average Bonchev–Trinajstić information content (AvgIpc) is 2.76. The maximum atomic E-state index is 13.4. The van der Waals surface area contributed by atoms with Crippen LogP contribution in [0.2, 0.25) is 0 Å². The van der Waals surface area contributed by atoms with E-state index >= 15 is 0 Å². The third kappa shape index (κ3) is 6.75. The zero-order valence-electron chi connectivity index (χ0n) is 19.3. The number of piperazine rings is 1. The number of carbonyl (C=O) groups is 2. The number of hydrogen-bond donors (Lipinski definition) is 3. The third-order valence-electron chi connectivity index (χ3n) is 6.10. The maximum Gasteiger partial charge on any atom is 0.318 e. The molecule has 31 heavy (non-hydrogen) atoms. The minimum absolute atomic E-state index is 0.00237. The summed E-state index contributed by atoms with van der Waals surface area (Å²) in [4.78, 5) is 32.0. The Morgan fingerprint density at radius 2 is 1.81 bits per heavy atom. The van der Waals surface area contributed by atoms with Crippen molar-refractivity contribution in [2.75, 3.05) is 46.3 Å². The summed E-state index contributed by atoms with van der Waals surface area (Å²) in [7, 11) is 2.04. The predicted octanol–water partition coefficient (Wildman–Crippen LogP) is 2.25. The van der Waals surface area contributed by atoms with Crippen LogP contribution in [0, 0.1) is 5.92 Å². The monoisotopic (exact) mass is 434 g/mol. The Kier molecular flexibility index (Phi) is 9.43. The van der Waals surface area contributed by atoms with Crippen LogP contribution in [0.1, 0.15) is 39.2 Å². The minimum Gasteiger partial charge on any atom is -0.504 e. The Morgan fingerprint density at radius 3 is 2.42 bits per heavy atom. The van der Waals surface area contributed by atoms with Crippen molar-refractivity contribution in [3.05, 3.63) is 23.8 Å². The van der Waals surface area contributed by atoms with Crippen molar-refractivity contribution < 1.29 is 19.8 Å². The number of benzene rings is 1. The maximum absolute atomic E-state index is 13.4. The van der Waals surface area contributed by atoms with Crippen molar-refractivity contribution >= 4 is 11.9 Å². The number of aromatic hydroxyl groups is 2. The normalized spacial score (nSPS) is 16.6. The van der Waals surface area contributed by atoms with E-state index in [1.54, 1.807) is 21.9 Å². The average molecular weight is 435 g/mol. The summed E-state index contributed by atoms with van der Waals surface area (Å²) in [5, 5.41) is 22.8. The molecule has 1 aromatic rings. The lowest BCUT2D eigenvalue weighted by atomic mass is 9.97. The summed E-state index contributed by atoms with van der Waals surface area (Å²) < 4.78 is 0. The molecule has 0 bridgehead atoms. The number of carbonyl (C=O) groups excluding carboxylic acids is 2. The molecule has 2 atom stereocenters. The SMILES string of the molecule is CCCN(CCc1cccc(O)c1O)C(=O)[C@@H](NC(=O)N1CCN(C)CC1)C(C)CC. The molecule has 1 unspecified atom stereocenters. The number of nitrogens with zero attached hydrogens (tertiary/aromatic N) is 3. The van der Waals surface area contributed by atoms with Gasteiger partial charge in [-0.3, -0.25) is 4.79 Å². The number of phenols is 2. The van der Waals surface area contributed by atoms with E-state index in [4.69, 9.17) is 0 Å². The molecule has 1 aliphatic rings. The van der Waals surface area contributed by atoms with Gasteiger partial charge in [-0.15, -0.1) is 0 Å². The molecule has 0 aromatic heterocycles. The Bertz CT molecular complexity index is 734. The fourth-order valence-corrected chi connectivity index (χ4v) is 3.75. The molecule has 3 amide bonds. The zero-order chi connectivity index (χ0) is 23.0. The number of urea groups is 1. The highest BCUT2D eigenvalue weighted by Crippen LogP contribution is 2.28. The largest absolute Gasteiger partial charge is 0.504 e. The number of para-hydroxylation sites is 1. The van der Waals surface area contributed by atoms with Crippen molar-refractivity contribution in [3.8, 4) is 11.5 Å². The van der Waals surface area contributed by atoms with Crippen LogP contribution in [0.25, 0.3) is 0 Å². The van der Waals surface area contributed by atoms with Gasteiger partial charge < -0.3 is 30.2 Å². The third-order valence-corrected chi connectivity index (χ3v) is 6.10. The second-order valence-corrected chi connectivity index (χ2v) is 8.46. The number of amides is 3. The van der Waals surface area contributed by atoms with E-state index in [2.05, 4.69) is 10.2 Å². The molecule has 3 N–H and O–H groups in total. The van der Waals surface area contributed by atoms with Crippen molar-refractivity contribution in [2.45, 2.75) is 46.1 Å². The Morgan fingerprint density at radius 1 is 1.13 bits per heavy atom. The van der Waals surface area contributed by atoms with Crippen LogP contribution < -0.4 is 5.32 Å². The molecule has 0 radical (unpaired) electrons. The lowest BCUT2D eigenvalue weighted by molar-refractivity contribution is -0.134. The first-order valence-corrected chi connectivity index (χ1v) is 11.3. The van der Waals surface area contributed by atoms with Crippen LogP contribution in [0.5, 0.6) is 11.5 Å². The minimum atomic E-state index is -0.596. The molecule has 1 fully saturated rings. The molecule has 8 nitrogen and oxygen atoms in total. The summed E-state index contributed by atoms with van der Waals surface area (Å²) in [6.45, 7) is 9.93. The first kappa shape index (κ1) is 24.8. The van der Waals surface area contributed by atoms with Gasteiger partial charge in [0, 0.05) is 39.3 Å². The predicted molar refractivity (Wildman–Crippen MR) is 121 cm³/mol. The van der Waals surface area contributed by atoms with Gasteiger partial charge in [-0.2, -0.15) is 0 Å². The number of phenolic OH excluding ortho intramolecular Hbond substituents is 2. The van der Waals surface area contributed by atoms with Crippen LogP contribution >= 0.6 is 0 Å². The van der Waals surface area contributed by atoms with E-state index in [1.165, 1.54) is 6.07 Å². The highest BCUT2D eigenvalue weighted by atomic mass is 16.3. The molecule has 1 heterocycles. The van der Waals surface area contributed by atoms with Crippen molar-refractivity contribution in [1.82, 2.24) is 20.0 Å². The van der Waals surface area contributed by atoms with Gasteiger partial charge in [0.2, 0.25) is 5.91 Å². The van der Waals surface area contributed by atoms with Crippen molar-refractivity contribution in [2.24, 2.45) is 5.92 Å². The van der Waals surface area contributed by atoms with Crippen molar-refractivity contribution in [3.63, 3.8) is 0 Å². The van der Waals surface area contributed by atoms with Crippen LogP contribution in [-0.2, 0) is 11.2 Å². The smallest absolute Gasteiger partial charge is 0.318 e.